The van der Waals surface area contributed by atoms with Gasteiger partial charge in [-0.2, -0.15) is 0 Å². The van der Waals surface area contributed by atoms with Crippen molar-refractivity contribution in [1.82, 2.24) is 21.1 Å². The van der Waals surface area contributed by atoms with E-state index in [1.165, 1.54) is 7.11 Å². The number of fused-ring (bicyclic) bond motifs is 1. The summed E-state index contributed by atoms with van der Waals surface area (Å²) in [6, 6.07) is 9.29. The standard InChI is InChI=1S/C21H26N4O5/c1-28-18-11-15(30-25-18)7-8-17(26)22-12-13-4-2-5-14(10-13)19-16-6-3-9-29-20(16)24-21(27)23-19/h2,4-5,10-11,16,19-20H,3,6-9,12H2,1H3,(H,22,26)(H2,23,24,27)/t16-,19-,20-/m0/s1. The molecule has 0 saturated carbocycles. The summed E-state index contributed by atoms with van der Waals surface area (Å²) >= 11 is 0. The molecular formula is C21H26N4O5. The summed E-state index contributed by atoms with van der Waals surface area (Å²) in [6.07, 6.45) is 2.45. The Kier molecular flexibility index (Phi) is 6.18. The highest BCUT2D eigenvalue weighted by atomic mass is 16.5. The van der Waals surface area contributed by atoms with E-state index in [9.17, 15) is 9.59 Å². The van der Waals surface area contributed by atoms with Crippen LogP contribution in [0.3, 0.4) is 0 Å². The van der Waals surface area contributed by atoms with Crippen molar-refractivity contribution >= 4 is 11.9 Å². The number of carbonyl (C=O) groups is 2. The van der Waals surface area contributed by atoms with Crippen molar-refractivity contribution < 1.29 is 23.6 Å². The normalized spacial score (nSPS) is 23.1. The molecule has 3 atom stereocenters. The SMILES string of the molecule is COc1cc(CCC(=O)NCc2cccc([C@@H]3NC(=O)N[C@H]4OCCC[C@H]43)c2)on1. The van der Waals surface area contributed by atoms with Gasteiger partial charge in [0.25, 0.3) is 5.88 Å². The van der Waals surface area contributed by atoms with Crippen LogP contribution in [-0.4, -0.2) is 37.0 Å². The lowest BCUT2D eigenvalue weighted by Crippen LogP contribution is -2.58. The number of aryl methyl sites for hydroxylation is 1. The van der Waals surface area contributed by atoms with Crippen molar-refractivity contribution in [2.45, 2.75) is 44.5 Å². The number of amides is 3. The Morgan fingerprint density at radius 1 is 1.33 bits per heavy atom. The van der Waals surface area contributed by atoms with E-state index in [-0.39, 0.29) is 30.1 Å². The van der Waals surface area contributed by atoms with Crippen molar-refractivity contribution in [3.8, 4) is 5.88 Å². The molecule has 2 fully saturated rings. The van der Waals surface area contributed by atoms with Gasteiger partial charge in [-0.1, -0.05) is 24.3 Å². The second-order valence-corrected chi connectivity index (χ2v) is 7.55. The first kappa shape index (κ1) is 20.2. The predicted molar refractivity (Wildman–Crippen MR) is 107 cm³/mol. The minimum absolute atomic E-state index is 0.0771. The molecule has 3 N–H and O–H groups in total. The lowest BCUT2D eigenvalue weighted by atomic mass is 9.85. The summed E-state index contributed by atoms with van der Waals surface area (Å²) in [5.41, 5.74) is 1.99. The fourth-order valence-electron chi connectivity index (χ4n) is 3.97. The third kappa shape index (κ3) is 4.73. The summed E-state index contributed by atoms with van der Waals surface area (Å²) in [7, 11) is 1.51. The zero-order chi connectivity index (χ0) is 20.9. The number of hydrogen-bond acceptors (Lipinski definition) is 6. The highest BCUT2D eigenvalue weighted by Gasteiger charge is 2.39. The van der Waals surface area contributed by atoms with Gasteiger partial charge in [0.05, 0.1) is 13.2 Å². The van der Waals surface area contributed by atoms with Crippen molar-refractivity contribution in [2.24, 2.45) is 5.92 Å². The van der Waals surface area contributed by atoms with Gasteiger partial charge in [-0.3, -0.25) is 4.79 Å². The summed E-state index contributed by atoms with van der Waals surface area (Å²) < 4.78 is 15.8. The zero-order valence-corrected chi connectivity index (χ0v) is 16.8. The molecule has 3 heterocycles. The molecule has 0 unspecified atom stereocenters. The van der Waals surface area contributed by atoms with Gasteiger partial charge in [0, 0.05) is 38.0 Å². The van der Waals surface area contributed by atoms with Crippen LogP contribution in [-0.2, 0) is 22.5 Å². The number of rotatable bonds is 7. The third-order valence-electron chi connectivity index (χ3n) is 5.50. The third-order valence-corrected chi connectivity index (χ3v) is 5.50. The maximum atomic E-state index is 12.2. The summed E-state index contributed by atoms with van der Waals surface area (Å²) in [6.45, 7) is 1.08. The fourth-order valence-corrected chi connectivity index (χ4v) is 3.97. The number of nitrogens with zero attached hydrogens (tertiary/aromatic N) is 1. The van der Waals surface area contributed by atoms with E-state index in [1.54, 1.807) is 6.07 Å². The molecule has 1 aromatic carbocycles. The second kappa shape index (κ2) is 9.17. The lowest BCUT2D eigenvalue weighted by molar-refractivity contribution is -0.121. The monoisotopic (exact) mass is 414 g/mol. The Balaban J connectivity index is 1.33. The molecule has 160 valence electrons. The number of ether oxygens (including phenoxy) is 2. The van der Waals surface area contributed by atoms with Crippen LogP contribution in [0.15, 0.2) is 34.9 Å². The highest BCUT2D eigenvalue weighted by molar-refractivity contribution is 5.76. The smallest absolute Gasteiger partial charge is 0.317 e. The van der Waals surface area contributed by atoms with Crippen LogP contribution in [0.5, 0.6) is 5.88 Å². The average Bonchev–Trinajstić information content (AvgIpc) is 3.24. The Morgan fingerprint density at radius 3 is 3.07 bits per heavy atom. The van der Waals surface area contributed by atoms with Crippen LogP contribution < -0.4 is 20.7 Å². The number of hydrogen-bond donors (Lipinski definition) is 3. The maximum Gasteiger partial charge on any atom is 0.317 e. The number of nitrogens with one attached hydrogen (secondary N) is 3. The first-order valence-electron chi connectivity index (χ1n) is 10.2. The minimum Gasteiger partial charge on any atom is -0.479 e. The molecule has 0 aliphatic carbocycles. The average molecular weight is 414 g/mol. The number of carbonyl (C=O) groups excluding carboxylic acids is 2. The van der Waals surface area contributed by atoms with Crippen LogP contribution in [0.1, 0.15) is 42.2 Å². The molecule has 2 aliphatic heterocycles. The maximum absolute atomic E-state index is 12.2. The largest absolute Gasteiger partial charge is 0.479 e. The van der Waals surface area contributed by atoms with Gasteiger partial charge >= 0.3 is 6.03 Å². The van der Waals surface area contributed by atoms with E-state index >= 15 is 0 Å². The molecule has 0 spiro atoms. The Hall–Kier alpha value is -3.07. The van der Waals surface area contributed by atoms with Crippen molar-refractivity contribution in [3.63, 3.8) is 0 Å². The molecule has 2 saturated heterocycles. The van der Waals surface area contributed by atoms with Crippen LogP contribution in [0, 0.1) is 5.92 Å². The van der Waals surface area contributed by atoms with Crippen LogP contribution in [0.2, 0.25) is 0 Å². The molecule has 1 aromatic heterocycles. The summed E-state index contributed by atoms with van der Waals surface area (Å²) in [4.78, 5) is 24.2. The van der Waals surface area contributed by atoms with Gasteiger partial charge in [-0.25, -0.2) is 4.79 Å². The Bertz CT molecular complexity index is 899. The quantitative estimate of drug-likeness (QED) is 0.639. The topological polar surface area (TPSA) is 115 Å². The van der Waals surface area contributed by atoms with Gasteiger partial charge < -0.3 is 29.9 Å². The molecular weight excluding hydrogens is 388 g/mol. The molecule has 30 heavy (non-hydrogen) atoms. The van der Waals surface area contributed by atoms with E-state index < -0.39 is 0 Å². The number of methoxy groups -OCH3 is 1. The second-order valence-electron chi connectivity index (χ2n) is 7.55. The van der Waals surface area contributed by atoms with Gasteiger partial charge in [-0.15, -0.1) is 0 Å². The summed E-state index contributed by atoms with van der Waals surface area (Å²) in [5.74, 6) is 1.11. The minimum atomic E-state index is -0.254. The Morgan fingerprint density at radius 2 is 2.23 bits per heavy atom. The number of aromatic nitrogens is 1. The number of benzene rings is 1. The van der Waals surface area contributed by atoms with Crippen LogP contribution in [0.4, 0.5) is 4.79 Å². The van der Waals surface area contributed by atoms with E-state index in [2.05, 4.69) is 21.1 Å². The molecule has 9 nitrogen and oxygen atoms in total. The first-order chi connectivity index (χ1) is 14.6. The molecule has 0 bridgehead atoms. The Labute approximate surface area is 174 Å². The van der Waals surface area contributed by atoms with Gasteiger partial charge in [0.15, 0.2) is 0 Å². The lowest BCUT2D eigenvalue weighted by Gasteiger charge is -2.42. The molecule has 2 aromatic rings. The highest BCUT2D eigenvalue weighted by Crippen LogP contribution is 2.34. The molecule has 9 heteroatoms. The molecule has 0 radical (unpaired) electrons. The van der Waals surface area contributed by atoms with E-state index in [4.69, 9.17) is 14.0 Å². The van der Waals surface area contributed by atoms with Crippen molar-refractivity contribution in [2.75, 3.05) is 13.7 Å². The van der Waals surface area contributed by atoms with Gasteiger partial charge in [0.1, 0.15) is 12.0 Å². The molecule has 2 aliphatic rings. The number of urea groups is 1. The van der Waals surface area contributed by atoms with Gasteiger partial charge in [0.2, 0.25) is 5.91 Å². The predicted octanol–water partition coefficient (Wildman–Crippen LogP) is 2.04. The van der Waals surface area contributed by atoms with Gasteiger partial charge in [-0.05, 0) is 29.1 Å². The van der Waals surface area contributed by atoms with E-state index in [0.717, 1.165) is 24.0 Å². The van der Waals surface area contributed by atoms with Crippen LogP contribution in [0.25, 0.3) is 0 Å². The van der Waals surface area contributed by atoms with Crippen LogP contribution >= 0.6 is 0 Å². The van der Waals surface area contributed by atoms with E-state index in [0.29, 0.717) is 37.6 Å². The van der Waals surface area contributed by atoms with Crippen molar-refractivity contribution in [3.05, 3.63) is 47.2 Å². The fraction of sp³-hybridized carbons (Fsp3) is 0.476. The van der Waals surface area contributed by atoms with Crippen molar-refractivity contribution in [1.29, 1.82) is 0 Å². The summed E-state index contributed by atoms with van der Waals surface area (Å²) in [5, 5.41) is 12.5. The first-order valence-corrected chi connectivity index (χ1v) is 10.2. The molecule has 4 rings (SSSR count). The zero-order valence-electron chi connectivity index (χ0n) is 16.8. The van der Waals surface area contributed by atoms with E-state index in [1.807, 2.05) is 24.3 Å². The molecule has 3 amide bonds.